The summed E-state index contributed by atoms with van der Waals surface area (Å²) in [6.07, 6.45) is -3.58. The molecule has 158 valence electrons. The lowest BCUT2D eigenvalue weighted by atomic mass is 9.95. The number of sulfonamides is 1. The Morgan fingerprint density at radius 1 is 1.03 bits per heavy atom. The third kappa shape index (κ3) is 4.35. The van der Waals surface area contributed by atoms with Gasteiger partial charge in [0.1, 0.15) is 10.0 Å². The van der Waals surface area contributed by atoms with Crippen LogP contribution < -0.4 is 4.90 Å². The minimum Gasteiger partial charge on any atom is -0.376 e. The molecule has 1 aliphatic heterocycles. The van der Waals surface area contributed by atoms with Gasteiger partial charge in [-0.1, -0.05) is 23.7 Å². The van der Waals surface area contributed by atoms with E-state index in [0.717, 1.165) is 0 Å². The van der Waals surface area contributed by atoms with E-state index in [1.54, 1.807) is 0 Å². The normalized spacial score (nSPS) is 18.5. The number of anilines is 1. The number of aromatic nitrogens is 1. The standard InChI is InChI=1S/C18H19ClF3N3O3S/c1-17(26,18(20,21)22)13-2-4-14(5-3-13)24-8-10-25(11-9-24)29(27,28)15-6-7-16(19)23-12-15/h2-7,12,26H,8-11H2,1H3/t17-/m0/s1. The molecule has 1 saturated heterocycles. The number of piperazine rings is 1. The van der Waals surface area contributed by atoms with E-state index in [1.165, 1.54) is 46.9 Å². The highest BCUT2D eigenvalue weighted by Crippen LogP contribution is 2.39. The molecule has 0 amide bonds. The number of hydrogen-bond donors (Lipinski definition) is 1. The van der Waals surface area contributed by atoms with Gasteiger partial charge in [0.15, 0.2) is 5.60 Å². The number of halogens is 4. The van der Waals surface area contributed by atoms with Gasteiger partial charge in [0, 0.05) is 38.1 Å². The lowest BCUT2D eigenvalue weighted by molar-refractivity contribution is -0.258. The van der Waals surface area contributed by atoms with E-state index in [4.69, 9.17) is 11.6 Å². The van der Waals surface area contributed by atoms with Crippen molar-refractivity contribution in [1.29, 1.82) is 0 Å². The Balaban J connectivity index is 1.69. The summed E-state index contributed by atoms with van der Waals surface area (Å²) in [5, 5.41) is 9.94. The molecule has 2 aromatic rings. The molecule has 29 heavy (non-hydrogen) atoms. The summed E-state index contributed by atoms with van der Waals surface area (Å²) in [6, 6.07) is 8.23. The van der Waals surface area contributed by atoms with Gasteiger partial charge in [-0.05, 0) is 36.8 Å². The van der Waals surface area contributed by atoms with Gasteiger partial charge in [0.25, 0.3) is 0 Å². The Morgan fingerprint density at radius 3 is 2.10 bits per heavy atom. The van der Waals surface area contributed by atoms with Gasteiger partial charge in [0.05, 0.1) is 0 Å². The first-order valence-corrected chi connectivity index (χ1v) is 10.5. The molecular formula is C18H19ClF3N3O3S. The molecule has 0 radical (unpaired) electrons. The summed E-state index contributed by atoms with van der Waals surface area (Å²) in [5.74, 6) is 0. The smallest absolute Gasteiger partial charge is 0.376 e. The Bertz CT molecular complexity index is 957. The van der Waals surface area contributed by atoms with Crippen LogP contribution in [0, 0.1) is 0 Å². The maximum Gasteiger partial charge on any atom is 0.421 e. The van der Waals surface area contributed by atoms with Crippen molar-refractivity contribution in [3.63, 3.8) is 0 Å². The first-order chi connectivity index (χ1) is 13.4. The van der Waals surface area contributed by atoms with Crippen molar-refractivity contribution in [3.05, 3.63) is 53.3 Å². The zero-order valence-corrected chi connectivity index (χ0v) is 17.0. The molecule has 0 aliphatic carbocycles. The number of pyridine rings is 1. The van der Waals surface area contributed by atoms with Crippen LogP contribution in [0.4, 0.5) is 18.9 Å². The van der Waals surface area contributed by atoms with Gasteiger partial charge >= 0.3 is 6.18 Å². The molecule has 1 aromatic heterocycles. The van der Waals surface area contributed by atoms with Gasteiger partial charge in [0.2, 0.25) is 10.0 Å². The van der Waals surface area contributed by atoms with E-state index in [1.807, 2.05) is 4.90 Å². The highest BCUT2D eigenvalue weighted by Gasteiger charge is 2.51. The van der Waals surface area contributed by atoms with E-state index in [2.05, 4.69) is 4.98 Å². The molecule has 2 heterocycles. The molecule has 1 atom stereocenters. The fourth-order valence-electron chi connectivity index (χ4n) is 3.01. The molecule has 1 aromatic carbocycles. The molecule has 6 nitrogen and oxygen atoms in total. The van der Waals surface area contributed by atoms with E-state index in [9.17, 15) is 26.7 Å². The largest absolute Gasteiger partial charge is 0.421 e. The predicted molar refractivity (Wildman–Crippen MR) is 102 cm³/mol. The van der Waals surface area contributed by atoms with Crippen molar-refractivity contribution in [2.24, 2.45) is 0 Å². The third-order valence-corrected chi connectivity index (χ3v) is 7.03. The molecular weight excluding hydrogens is 431 g/mol. The molecule has 1 aliphatic rings. The number of nitrogens with zero attached hydrogens (tertiary/aromatic N) is 3. The van der Waals surface area contributed by atoms with Crippen LogP contribution in [-0.4, -0.2) is 55.2 Å². The van der Waals surface area contributed by atoms with Gasteiger partial charge in [-0.15, -0.1) is 0 Å². The van der Waals surface area contributed by atoms with Crippen molar-refractivity contribution in [2.75, 3.05) is 31.1 Å². The molecule has 1 fully saturated rings. The fourth-order valence-corrected chi connectivity index (χ4v) is 4.49. The van der Waals surface area contributed by atoms with Crippen LogP contribution in [0.3, 0.4) is 0 Å². The second-order valence-corrected chi connectivity index (χ2v) is 9.15. The zero-order chi connectivity index (χ0) is 21.4. The van der Waals surface area contributed by atoms with Crippen molar-refractivity contribution >= 4 is 27.3 Å². The lowest BCUT2D eigenvalue weighted by Gasteiger charge is -2.35. The maximum absolute atomic E-state index is 13.0. The van der Waals surface area contributed by atoms with Gasteiger partial charge in [-0.25, -0.2) is 13.4 Å². The maximum atomic E-state index is 13.0. The number of aliphatic hydroxyl groups is 1. The van der Waals surface area contributed by atoms with Crippen LogP contribution in [0.15, 0.2) is 47.5 Å². The van der Waals surface area contributed by atoms with E-state index >= 15 is 0 Å². The zero-order valence-electron chi connectivity index (χ0n) is 15.4. The Kier molecular flexibility index (Phi) is 5.83. The third-order valence-electron chi connectivity index (χ3n) is 4.92. The summed E-state index contributed by atoms with van der Waals surface area (Å²) in [4.78, 5) is 5.72. The van der Waals surface area contributed by atoms with Crippen LogP contribution in [-0.2, 0) is 15.6 Å². The molecule has 1 N–H and O–H groups in total. The Morgan fingerprint density at radius 2 is 1.62 bits per heavy atom. The van der Waals surface area contributed by atoms with Crippen LogP contribution in [0.2, 0.25) is 5.15 Å². The van der Waals surface area contributed by atoms with E-state index in [-0.39, 0.29) is 28.7 Å². The van der Waals surface area contributed by atoms with Gasteiger partial charge in [-0.2, -0.15) is 17.5 Å². The summed E-state index contributed by atoms with van der Waals surface area (Å²) >= 11 is 5.69. The summed E-state index contributed by atoms with van der Waals surface area (Å²) in [7, 11) is -3.70. The highest BCUT2D eigenvalue weighted by atomic mass is 35.5. The van der Waals surface area contributed by atoms with Crippen molar-refractivity contribution < 1.29 is 26.7 Å². The van der Waals surface area contributed by atoms with Crippen molar-refractivity contribution in [1.82, 2.24) is 9.29 Å². The highest BCUT2D eigenvalue weighted by molar-refractivity contribution is 7.89. The first kappa shape index (κ1) is 21.8. The second-order valence-electron chi connectivity index (χ2n) is 6.82. The molecule has 0 bridgehead atoms. The Hall–Kier alpha value is -1.88. The summed E-state index contributed by atoms with van der Waals surface area (Å²) in [6.45, 7) is 1.88. The summed E-state index contributed by atoms with van der Waals surface area (Å²) < 4.78 is 65.6. The molecule has 0 spiro atoms. The van der Waals surface area contributed by atoms with Crippen LogP contribution >= 0.6 is 11.6 Å². The number of benzene rings is 1. The van der Waals surface area contributed by atoms with Gasteiger partial charge in [-0.3, -0.25) is 0 Å². The Labute approximate surface area is 171 Å². The van der Waals surface area contributed by atoms with Crippen molar-refractivity contribution in [2.45, 2.75) is 23.6 Å². The van der Waals surface area contributed by atoms with Gasteiger partial charge < -0.3 is 10.0 Å². The van der Waals surface area contributed by atoms with E-state index in [0.29, 0.717) is 25.7 Å². The average molecular weight is 450 g/mol. The van der Waals surface area contributed by atoms with Crippen molar-refractivity contribution in [3.8, 4) is 0 Å². The predicted octanol–water partition coefficient (Wildman–Crippen LogP) is 3.02. The first-order valence-electron chi connectivity index (χ1n) is 8.69. The monoisotopic (exact) mass is 449 g/mol. The summed E-state index contributed by atoms with van der Waals surface area (Å²) in [5.41, 5.74) is -2.55. The fraction of sp³-hybridized carbons (Fsp3) is 0.389. The molecule has 0 unspecified atom stereocenters. The van der Waals surface area contributed by atoms with E-state index < -0.39 is 21.8 Å². The van der Waals surface area contributed by atoms with Crippen LogP contribution in [0.25, 0.3) is 0 Å². The number of hydrogen-bond acceptors (Lipinski definition) is 5. The average Bonchev–Trinajstić information content (AvgIpc) is 2.68. The topological polar surface area (TPSA) is 73.7 Å². The molecule has 11 heteroatoms. The SMILES string of the molecule is C[C@](O)(c1ccc(N2CCN(S(=O)(=O)c3ccc(Cl)nc3)CC2)cc1)C(F)(F)F. The minimum atomic E-state index is -4.79. The minimum absolute atomic E-state index is 0.0501. The van der Waals surface area contributed by atoms with Crippen LogP contribution in [0.1, 0.15) is 12.5 Å². The lowest BCUT2D eigenvalue weighted by Crippen LogP contribution is -2.48. The second kappa shape index (κ2) is 7.75. The molecule has 3 rings (SSSR count). The number of alkyl halides is 3. The number of rotatable bonds is 4. The van der Waals surface area contributed by atoms with Crippen LogP contribution in [0.5, 0.6) is 0 Å². The quantitative estimate of drug-likeness (QED) is 0.726. The molecule has 0 saturated carbocycles.